The van der Waals surface area contributed by atoms with Crippen molar-refractivity contribution >= 4 is 30.1 Å². The summed E-state index contributed by atoms with van der Waals surface area (Å²) in [7, 11) is 2.03. The van der Waals surface area contributed by atoms with E-state index in [1.807, 2.05) is 7.05 Å². The highest BCUT2D eigenvalue weighted by Gasteiger charge is 2.10. The van der Waals surface area contributed by atoms with E-state index in [1.54, 1.807) is 18.2 Å². The van der Waals surface area contributed by atoms with E-state index in [2.05, 4.69) is 36.7 Å². The molecule has 0 aliphatic heterocycles. The SMILES string of the molecule is CC(C)N(C)CCNC(=O)c1cc(S)ccc1Cl. The van der Waals surface area contributed by atoms with Gasteiger partial charge in [-0.3, -0.25) is 4.79 Å². The van der Waals surface area contributed by atoms with Gasteiger partial charge in [-0.15, -0.1) is 12.6 Å². The fourth-order valence-corrected chi connectivity index (χ4v) is 1.79. The number of hydrogen-bond acceptors (Lipinski definition) is 3. The molecule has 0 aromatic heterocycles. The maximum atomic E-state index is 11.9. The molecule has 0 saturated carbocycles. The molecule has 0 saturated heterocycles. The average Bonchev–Trinajstić information content (AvgIpc) is 2.31. The summed E-state index contributed by atoms with van der Waals surface area (Å²) >= 11 is 10.2. The highest BCUT2D eigenvalue weighted by atomic mass is 35.5. The molecule has 0 unspecified atom stereocenters. The van der Waals surface area contributed by atoms with Crippen molar-refractivity contribution in [2.45, 2.75) is 24.8 Å². The number of hydrogen-bond donors (Lipinski definition) is 2. The average molecular weight is 287 g/mol. The van der Waals surface area contributed by atoms with E-state index >= 15 is 0 Å². The summed E-state index contributed by atoms with van der Waals surface area (Å²) in [5.41, 5.74) is 0.469. The summed E-state index contributed by atoms with van der Waals surface area (Å²) in [6.45, 7) is 5.63. The van der Waals surface area contributed by atoms with Gasteiger partial charge in [0.25, 0.3) is 5.91 Å². The van der Waals surface area contributed by atoms with Gasteiger partial charge in [-0.2, -0.15) is 0 Å². The van der Waals surface area contributed by atoms with Crippen LogP contribution in [-0.4, -0.2) is 37.0 Å². The van der Waals surface area contributed by atoms with Crippen molar-refractivity contribution in [3.63, 3.8) is 0 Å². The summed E-state index contributed by atoms with van der Waals surface area (Å²) in [6, 6.07) is 5.58. The lowest BCUT2D eigenvalue weighted by Crippen LogP contribution is -2.36. The zero-order valence-electron chi connectivity index (χ0n) is 10.9. The molecule has 0 bridgehead atoms. The van der Waals surface area contributed by atoms with Crippen LogP contribution >= 0.6 is 24.2 Å². The van der Waals surface area contributed by atoms with Crippen LogP contribution in [0.5, 0.6) is 0 Å². The van der Waals surface area contributed by atoms with Gasteiger partial charge in [0, 0.05) is 24.0 Å². The minimum absolute atomic E-state index is 0.159. The molecule has 0 fully saturated rings. The third kappa shape index (κ3) is 4.52. The molecule has 1 aromatic carbocycles. The Morgan fingerprint density at radius 3 is 2.78 bits per heavy atom. The van der Waals surface area contributed by atoms with E-state index in [4.69, 9.17) is 11.6 Å². The van der Waals surface area contributed by atoms with Crippen LogP contribution in [0, 0.1) is 0 Å². The zero-order chi connectivity index (χ0) is 13.7. The lowest BCUT2D eigenvalue weighted by molar-refractivity contribution is 0.0948. The van der Waals surface area contributed by atoms with Crippen LogP contribution in [0.15, 0.2) is 23.1 Å². The Kier molecular flexibility index (Phi) is 5.99. The molecule has 5 heteroatoms. The first-order valence-electron chi connectivity index (χ1n) is 5.88. The molecule has 0 atom stereocenters. The number of likely N-dealkylation sites (N-methyl/N-ethyl adjacent to an activating group) is 1. The van der Waals surface area contributed by atoms with Gasteiger partial charge in [-0.25, -0.2) is 0 Å². The van der Waals surface area contributed by atoms with Crippen molar-refractivity contribution in [2.75, 3.05) is 20.1 Å². The largest absolute Gasteiger partial charge is 0.351 e. The summed E-state index contributed by atoms with van der Waals surface area (Å²) in [5.74, 6) is -0.159. The number of rotatable bonds is 5. The fraction of sp³-hybridized carbons (Fsp3) is 0.462. The van der Waals surface area contributed by atoms with Crippen LogP contribution in [-0.2, 0) is 0 Å². The van der Waals surface area contributed by atoms with Crippen LogP contribution in [0.1, 0.15) is 24.2 Å². The van der Waals surface area contributed by atoms with Crippen molar-refractivity contribution in [3.8, 4) is 0 Å². The third-order valence-electron chi connectivity index (χ3n) is 2.83. The summed E-state index contributed by atoms with van der Waals surface area (Å²) in [4.78, 5) is 14.8. The predicted molar refractivity (Wildman–Crippen MR) is 78.8 cm³/mol. The number of benzene rings is 1. The molecule has 0 radical (unpaired) electrons. The highest BCUT2D eigenvalue weighted by molar-refractivity contribution is 7.80. The molecule has 3 nitrogen and oxygen atoms in total. The third-order valence-corrected chi connectivity index (χ3v) is 3.43. The Hall–Kier alpha value is -0.710. The molecule has 0 aliphatic carbocycles. The summed E-state index contributed by atoms with van der Waals surface area (Å²) in [6.07, 6.45) is 0. The maximum Gasteiger partial charge on any atom is 0.252 e. The second kappa shape index (κ2) is 7.02. The molecular formula is C13H19ClN2OS. The van der Waals surface area contributed by atoms with Gasteiger partial charge < -0.3 is 10.2 Å². The van der Waals surface area contributed by atoms with Crippen LogP contribution in [0.2, 0.25) is 5.02 Å². The monoisotopic (exact) mass is 286 g/mol. The van der Waals surface area contributed by atoms with Crippen LogP contribution < -0.4 is 5.32 Å². The number of nitrogens with one attached hydrogen (secondary N) is 1. The molecule has 100 valence electrons. The van der Waals surface area contributed by atoms with Gasteiger partial charge in [-0.1, -0.05) is 11.6 Å². The van der Waals surface area contributed by atoms with Crippen LogP contribution in [0.25, 0.3) is 0 Å². The van der Waals surface area contributed by atoms with Crippen molar-refractivity contribution < 1.29 is 4.79 Å². The Labute approximate surface area is 119 Å². The van der Waals surface area contributed by atoms with E-state index in [-0.39, 0.29) is 5.91 Å². The molecule has 0 aliphatic rings. The smallest absolute Gasteiger partial charge is 0.252 e. The van der Waals surface area contributed by atoms with E-state index < -0.39 is 0 Å². The second-order valence-electron chi connectivity index (χ2n) is 4.49. The quantitative estimate of drug-likeness (QED) is 0.816. The highest BCUT2D eigenvalue weighted by Crippen LogP contribution is 2.19. The maximum absolute atomic E-state index is 11.9. The van der Waals surface area contributed by atoms with Gasteiger partial charge in [0.05, 0.1) is 10.6 Å². The number of carbonyl (C=O) groups excluding carboxylic acids is 1. The van der Waals surface area contributed by atoms with Crippen molar-refractivity contribution in [1.29, 1.82) is 0 Å². The van der Waals surface area contributed by atoms with Gasteiger partial charge in [0.2, 0.25) is 0 Å². The number of nitrogens with zero attached hydrogens (tertiary/aromatic N) is 1. The molecule has 0 spiro atoms. The van der Waals surface area contributed by atoms with E-state index in [0.29, 0.717) is 23.2 Å². The van der Waals surface area contributed by atoms with Crippen LogP contribution in [0.4, 0.5) is 0 Å². The minimum Gasteiger partial charge on any atom is -0.351 e. The van der Waals surface area contributed by atoms with E-state index in [9.17, 15) is 4.79 Å². The van der Waals surface area contributed by atoms with Crippen molar-refractivity contribution in [3.05, 3.63) is 28.8 Å². The molecule has 1 N–H and O–H groups in total. The Morgan fingerprint density at radius 2 is 2.17 bits per heavy atom. The zero-order valence-corrected chi connectivity index (χ0v) is 12.6. The molecular weight excluding hydrogens is 268 g/mol. The summed E-state index contributed by atoms with van der Waals surface area (Å²) < 4.78 is 0. The topological polar surface area (TPSA) is 32.3 Å². The first-order chi connectivity index (χ1) is 8.41. The standard InChI is InChI=1S/C13H19ClN2OS/c1-9(2)16(3)7-6-15-13(17)11-8-10(18)4-5-12(11)14/h4-5,8-9,18H,6-7H2,1-3H3,(H,15,17). The van der Waals surface area contributed by atoms with Gasteiger partial charge in [-0.05, 0) is 39.1 Å². The summed E-state index contributed by atoms with van der Waals surface area (Å²) in [5, 5.41) is 3.30. The molecule has 18 heavy (non-hydrogen) atoms. The first-order valence-corrected chi connectivity index (χ1v) is 6.71. The normalized spacial score (nSPS) is 11.1. The van der Waals surface area contributed by atoms with Gasteiger partial charge in [0.15, 0.2) is 0 Å². The first kappa shape index (κ1) is 15.3. The Bertz CT molecular complexity index is 423. The van der Waals surface area contributed by atoms with Crippen molar-refractivity contribution in [1.82, 2.24) is 10.2 Å². The van der Waals surface area contributed by atoms with Crippen molar-refractivity contribution in [2.24, 2.45) is 0 Å². The minimum atomic E-state index is -0.159. The van der Waals surface area contributed by atoms with Gasteiger partial charge in [0.1, 0.15) is 0 Å². The molecule has 1 amide bonds. The van der Waals surface area contributed by atoms with Crippen LogP contribution in [0.3, 0.4) is 0 Å². The lowest BCUT2D eigenvalue weighted by Gasteiger charge is -2.20. The lowest BCUT2D eigenvalue weighted by atomic mass is 10.2. The number of halogens is 1. The Balaban J connectivity index is 2.53. The second-order valence-corrected chi connectivity index (χ2v) is 5.42. The van der Waals surface area contributed by atoms with E-state index in [0.717, 1.165) is 11.4 Å². The number of carbonyl (C=O) groups is 1. The van der Waals surface area contributed by atoms with Gasteiger partial charge >= 0.3 is 0 Å². The molecule has 0 heterocycles. The number of amides is 1. The fourth-order valence-electron chi connectivity index (χ4n) is 1.39. The Morgan fingerprint density at radius 1 is 1.50 bits per heavy atom. The molecule has 1 aromatic rings. The molecule has 1 rings (SSSR count). The van der Waals surface area contributed by atoms with E-state index in [1.165, 1.54) is 0 Å². The number of thiol groups is 1. The predicted octanol–water partition coefficient (Wildman–Crippen LogP) is 2.70.